The highest BCUT2D eigenvalue weighted by molar-refractivity contribution is 7.11. The van der Waals surface area contributed by atoms with Crippen molar-refractivity contribution in [3.8, 4) is 0 Å². The minimum absolute atomic E-state index is 0.0783. The van der Waals surface area contributed by atoms with Crippen molar-refractivity contribution < 1.29 is 4.79 Å². The second kappa shape index (κ2) is 4.41. The molecular weight excluding hydrogens is 208 g/mol. The molecular formula is C11H16N2OS. The maximum Gasteiger partial charge on any atom is 0.156 e. The largest absolute Gasteiger partial charge is 0.307 e. The fourth-order valence-corrected chi connectivity index (χ4v) is 2.79. The molecule has 1 aromatic rings. The summed E-state index contributed by atoms with van der Waals surface area (Å²) in [5.74, 6) is 0.293. The molecule has 0 bridgehead atoms. The molecule has 2 heterocycles. The van der Waals surface area contributed by atoms with Crippen LogP contribution in [0.5, 0.6) is 0 Å². The highest BCUT2D eigenvalue weighted by Gasteiger charge is 2.22. The van der Waals surface area contributed by atoms with E-state index < -0.39 is 0 Å². The summed E-state index contributed by atoms with van der Waals surface area (Å²) in [6.07, 6.45) is 2.60. The van der Waals surface area contributed by atoms with E-state index in [1.807, 2.05) is 6.92 Å². The summed E-state index contributed by atoms with van der Waals surface area (Å²) in [6.45, 7) is 5.02. The molecule has 0 aliphatic carbocycles. The van der Waals surface area contributed by atoms with E-state index in [4.69, 9.17) is 0 Å². The summed E-state index contributed by atoms with van der Waals surface area (Å²) >= 11 is 1.64. The van der Waals surface area contributed by atoms with Crippen LogP contribution in [0.1, 0.15) is 28.4 Å². The number of rotatable bonds is 3. The standard InChI is InChI=1S/C11H16N2OS/c1-7-8(2)15-11(13-7)6-10(14)9-4-3-5-12-9/h9,12H,3-6H2,1-2H3. The van der Waals surface area contributed by atoms with Gasteiger partial charge in [-0.3, -0.25) is 4.79 Å². The van der Waals surface area contributed by atoms with E-state index in [0.29, 0.717) is 12.2 Å². The van der Waals surface area contributed by atoms with Gasteiger partial charge >= 0.3 is 0 Å². The average molecular weight is 224 g/mol. The second-order valence-corrected chi connectivity index (χ2v) is 5.33. The molecule has 0 saturated carbocycles. The van der Waals surface area contributed by atoms with Crippen LogP contribution in [0, 0.1) is 13.8 Å². The molecule has 3 nitrogen and oxygen atoms in total. The van der Waals surface area contributed by atoms with Crippen LogP contribution in [0.2, 0.25) is 0 Å². The predicted octanol–water partition coefficient (Wildman–Crippen LogP) is 1.62. The number of Topliss-reactive ketones (excluding diaryl/α,β-unsaturated/α-hetero) is 1. The van der Waals surface area contributed by atoms with Crippen LogP contribution in [-0.4, -0.2) is 23.4 Å². The van der Waals surface area contributed by atoms with E-state index in [1.165, 1.54) is 4.88 Å². The van der Waals surface area contributed by atoms with E-state index in [1.54, 1.807) is 11.3 Å². The third kappa shape index (κ3) is 2.44. The van der Waals surface area contributed by atoms with Gasteiger partial charge in [-0.1, -0.05) is 0 Å². The number of hydrogen-bond acceptors (Lipinski definition) is 4. The number of hydrogen-bond donors (Lipinski definition) is 1. The lowest BCUT2D eigenvalue weighted by Gasteiger charge is -2.06. The van der Waals surface area contributed by atoms with Gasteiger partial charge in [-0.2, -0.15) is 0 Å². The van der Waals surface area contributed by atoms with Gasteiger partial charge in [0.25, 0.3) is 0 Å². The molecule has 1 aliphatic rings. The Morgan fingerprint density at radius 1 is 1.60 bits per heavy atom. The maximum atomic E-state index is 11.8. The number of nitrogens with zero attached hydrogens (tertiary/aromatic N) is 1. The third-order valence-electron chi connectivity index (χ3n) is 2.85. The summed E-state index contributed by atoms with van der Waals surface area (Å²) in [7, 11) is 0. The molecule has 1 saturated heterocycles. The molecule has 0 radical (unpaired) electrons. The van der Waals surface area contributed by atoms with E-state index in [-0.39, 0.29) is 6.04 Å². The van der Waals surface area contributed by atoms with Gasteiger partial charge in [0.1, 0.15) is 5.01 Å². The summed E-state index contributed by atoms with van der Waals surface area (Å²) in [5.41, 5.74) is 1.06. The fourth-order valence-electron chi connectivity index (χ4n) is 1.85. The van der Waals surface area contributed by atoms with Crippen LogP contribution in [-0.2, 0) is 11.2 Å². The molecule has 1 atom stereocenters. The molecule has 0 amide bonds. The summed E-state index contributed by atoms with van der Waals surface area (Å²) in [4.78, 5) is 17.5. The number of ketones is 1. The molecule has 4 heteroatoms. The Balaban J connectivity index is 1.99. The Bertz CT molecular complexity index is 347. The number of aromatic nitrogens is 1. The Morgan fingerprint density at radius 3 is 2.93 bits per heavy atom. The van der Waals surface area contributed by atoms with Gasteiger partial charge < -0.3 is 5.32 Å². The van der Waals surface area contributed by atoms with E-state index in [2.05, 4.69) is 17.2 Å². The van der Waals surface area contributed by atoms with Crippen LogP contribution in [0.25, 0.3) is 0 Å². The Kier molecular flexibility index (Phi) is 3.17. The van der Waals surface area contributed by atoms with Crippen molar-refractivity contribution in [1.29, 1.82) is 0 Å². The van der Waals surface area contributed by atoms with Crippen molar-refractivity contribution in [3.63, 3.8) is 0 Å². The summed E-state index contributed by atoms with van der Waals surface area (Å²) in [5, 5.41) is 4.19. The SMILES string of the molecule is Cc1nc(CC(=O)C2CCCN2)sc1C. The van der Waals surface area contributed by atoms with Crippen molar-refractivity contribution in [2.24, 2.45) is 0 Å². The topological polar surface area (TPSA) is 42.0 Å². The molecule has 0 aromatic carbocycles. The lowest BCUT2D eigenvalue weighted by molar-refractivity contribution is -0.120. The van der Waals surface area contributed by atoms with Crippen molar-refractivity contribution in [2.45, 2.75) is 39.2 Å². The van der Waals surface area contributed by atoms with Crippen LogP contribution in [0.3, 0.4) is 0 Å². The maximum absolute atomic E-state index is 11.8. The first-order valence-corrected chi connectivity index (χ1v) is 6.17. The second-order valence-electron chi connectivity index (χ2n) is 4.04. The van der Waals surface area contributed by atoms with Gasteiger partial charge in [-0.25, -0.2) is 4.98 Å². The molecule has 0 spiro atoms. The smallest absolute Gasteiger partial charge is 0.156 e. The first kappa shape index (κ1) is 10.8. The van der Waals surface area contributed by atoms with Gasteiger partial charge in [0, 0.05) is 4.88 Å². The van der Waals surface area contributed by atoms with Gasteiger partial charge in [-0.15, -0.1) is 11.3 Å². The van der Waals surface area contributed by atoms with Crippen LogP contribution in [0.15, 0.2) is 0 Å². The molecule has 15 heavy (non-hydrogen) atoms. The molecule has 1 unspecified atom stereocenters. The quantitative estimate of drug-likeness (QED) is 0.848. The van der Waals surface area contributed by atoms with Crippen LogP contribution < -0.4 is 5.32 Å². The molecule has 82 valence electrons. The zero-order chi connectivity index (χ0) is 10.8. The van der Waals surface area contributed by atoms with E-state index in [0.717, 1.165) is 30.1 Å². The number of carbonyl (C=O) groups is 1. The average Bonchev–Trinajstić information content (AvgIpc) is 2.77. The van der Waals surface area contributed by atoms with Gasteiger partial charge in [0.2, 0.25) is 0 Å². The normalized spacial score (nSPS) is 20.8. The van der Waals surface area contributed by atoms with Gasteiger partial charge in [0.05, 0.1) is 18.2 Å². The molecule has 1 aliphatic heterocycles. The van der Waals surface area contributed by atoms with Gasteiger partial charge in [-0.05, 0) is 33.2 Å². The first-order valence-electron chi connectivity index (χ1n) is 5.36. The van der Waals surface area contributed by atoms with Crippen LogP contribution in [0.4, 0.5) is 0 Å². The van der Waals surface area contributed by atoms with Crippen molar-refractivity contribution in [1.82, 2.24) is 10.3 Å². The Hall–Kier alpha value is -0.740. The highest BCUT2D eigenvalue weighted by Crippen LogP contribution is 2.18. The van der Waals surface area contributed by atoms with E-state index >= 15 is 0 Å². The van der Waals surface area contributed by atoms with Crippen molar-refractivity contribution >= 4 is 17.1 Å². The Morgan fingerprint density at radius 2 is 2.40 bits per heavy atom. The zero-order valence-electron chi connectivity index (χ0n) is 9.17. The first-order chi connectivity index (χ1) is 7.16. The number of thiazole rings is 1. The van der Waals surface area contributed by atoms with E-state index in [9.17, 15) is 4.79 Å². The third-order valence-corrected chi connectivity index (χ3v) is 3.92. The van der Waals surface area contributed by atoms with Crippen LogP contribution >= 0.6 is 11.3 Å². The zero-order valence-corrected chi connectivity index (χ0v) is 9.99. The minimum Gasteiger partial charge on any atom is -0.307 e. The van der Waals surface area contributed by atoms with Gasteiger partial charge in [0.15, 0.2) is 5.78 Å². The summed E-state index contributed by atoms with van der Waals surface area (Å²) in [6, 6.07) is 0.0783. The number of nitrogens with one attached hydrogen (secondary N) is 1. The number of aryl methyl sites for hydroxylation is 2. The number of carbonyl (C=O) groups excluding carboxylic acids is 1. The monoisotopic (exact) mass is 224 g/mol. The lowest BCUT2D eigenvalue weighted by atomic mass is 10.1. The highest BCUT2D eigenvalue weighted by atomic mass is 32.1. The van der Waals surface area contributed by atoms with Crippen molar-refractivity contribution in [2.75, 3.05) is 6.54 Å². The molecule has 1 aromatic heterocycles. The molecule has 1 N–H and O–H groups in total. The molecule has 2 rings (SSSR count). The minimum atomic E-state index is 0.0783. The molecule has 1 fully saturated rings. The predicted molar refractivity (Wildman–Crippen MR) is 61.3 cm³/mol. The summed E-state index contributed by atoms with van der Waals surface area (Å²) < 4.78 is 0. The lowest BCUT2D eigenvalue weighted by Crippen LogP contribution is -2.31. The fraction of sp³-hybridized carbons (Fsp3) is 0.636. The Labute approximate surface area is 93.9 Å². The van der Waals surface area contributed by atoms with Crippen molar-refractivity contribution in [3.05, 3.63) is 15.6 Å².